The second-order valence-corrected chi connectivity index (χ2v) is 10.4. The summed E-state index contributed by atoms with van der Waals surface area (Å²) in [5.41, 5.74) is 7.49. The second-order valence-electron chi connectivity index (χ2n) is 9.55. The van der Waals surface area contributed by atoms with E-state index in [0.717, 1.165) is 65.9 Å². The minimum atomic E-state index is 0.179. The molecule has 0 radical (unpaired) electrons. The maximum absolute atomic E-state index is 9.73. The van der Waals surface area contributed by atoms with Gasteiger partial charge in [-0.3, -0.25) is 9.88 Å². The summed E-state index contributed by atoms with van der Waals surface area (Å²) in [6.45, 7) is 4.82. The van der Waals surface area contributed by atoms with E-state index in [2.05, 4.69) is 44.9 Å². The number of halogens is 1. The fraction of sp³-hybridized carbons (Fsp3) is 0.379. The van der Waals surface area contributed by atoms with Crippen molar-refractivity contribution in [2.75, 3.05) is 13.2 Å². The molecule has 36 heavy (non-hydrogen) atoms. The standard InChI is InChI=1S/C29H30BrN3O3/c1-19-22(4-2-7-27(19)30)18-36-28-11-29(35-17-21-10-20(12-31)13-32-14-21)26(24-5-3-6-25(24)28)15-33-9-8-23(33)16-34/h2,4,7,10-11,13-14,23,34H,3,5-6,8-9,15-18H2,1H3. The van der Waals surface area contributed by atoms with E-state index in [-0.39, 0.29) is 12.6 Å². The molecule has 1 unspecified atom stereocenters. The van der Waals surface area contributed by atoms with Crippen molar-refractivity contribution in [2.24, 2.45) is 0 Å². The molecule has 2 aliphatic rings. The Bertz CT molecular complexity index is 1300. The first kappa shape index (κ1) is 24.8. The zero-order valence-corrected chi connectivity index (χ0v) is 22.1. The maximum Gasteiger partial charge on any atom is 0.128 e. The Morgan fingerprint density at radius 1 is 1.14 bits per heavy atom. The van der Waals surface area contributed by atoms with Crippen LogP contribution < -0.4 is 9.47 Å². The van der Waals surface area contributed by atoms with Crippen LogP contribution in [0, 0.1) is 18.3 Å². The molecule has 1 aliphatic heterocycles. The number of benzene rings is 2. The van der Waals surface area contributed by atoms with Crippen molar-refractivity contribution in [3.05, 3.63) is 86.1 Å². The van der Waals surface area contributed by atoms with E-state index in [1.165, 1.54) is 22.3 Å². The van der Waals surface area contributed by atoms with Gasteiger partial charge in [-0.15, -0.1) is 0 Å². The molecule has 1 saturated heterocycles. The van der Waals surface area contributed by atoms with Crippen LogP contribution in [-0.4, -0.2) is 34.2 Å². The van der Waals surface area contributed by atoms with Gasteiger partial charge in [-0.05, 0) is 67.0 Å². The first-order chi connectivity index (χ1) is 17.6. The fourth-order valence-electron chi connectivity index (χ4n) is 5.09. The summed E-state index contributed by atoms with van der Waals surface area (Å²) < 4.78 is 13.9. The summed E-state index contributed by atoms with van der Waals surface area (Å²) in [6.07, 6.45) is 7.40. The van der Waals surface area contributed by atoms with E-state index < -0.39 is 0 Å². The minimum Gasteiger partial charge on any atom is -0.488 e. The number of rotatable bonds is 9. The van der Waals surface area contributed by atoms with Gasteiger partial charge in [-0.25, -0.2) is 0 Å². The van der Waals surface area contributed by atoms with Gasteiger partial charge in [-0.2, -0.15) is 5.26 Å². The van der Waals surface area contributed by atoms with Gasteiger partial charge in [0.1, 0.15) is 30.8 Å². The number of aliphatic hydroxyl groups excluding tert-OH is 1. The topological polar surface area (TPSA) is 78.6 Å². The molecule has 5 rings (SSSR count). The predicted molar refractivity (Wildman–Crippen MR) is 141 cm³/mol. The Labute approximate surface area is 220 Å². The van der Waals surface area contributed by atoms with Crippen LogP contribution in [0.5, 0.6) is 11.5 Å². The van der Waals surface area contributed by atoms with Crippen molar-refractivity contribution in [1.29, 1.82) is 5.26 Å². The number of fused-ring (bicyclic) bond motifs is 1. The van der Waals surface area contributed by atoms with Crippen molar-refractivity contribution >= 4 is 15.9 Å². The normalized spacial score (nSPS) is 16.8. The molecule has 1 atom stereocenters. The van der Waals surface area contributed by atoms with Crippen LogP contribution >= 0.6 is 15.9 Å². The number of likely N-dealkylation sites (tertiary alicyclic amines) is 1. The molecule has 2 heterocycles. The van der Waals surface area contributed by atoms with Gasteiger partial charge in [0.05, 0.1) is 12.2 Å². The quantitative estimate of drug-likeness (QED) is 0.394. The van der Waals surface area contributed by atoms with Gasteiger partial charge in [0.15, 0.2) is 0 Å². The fourth-order valence-corrected chi connectivity index (χ4v) is 5.49. The molecule has 0 bridgehead atoms. The Kier molecular flexibility index (Phi) is 7.56. The highest BCUT2D eigenvalue weighted by molar-refractivity contribution is 9.10. The summed E-state index contributed by atoms with van der Waals surface area (Å²) in [4.78, 5) is 6.49. The van der Waals surface area contributed by atoms with Crippen molar-refractivity contribution in [3.8, 4) is 17.6 Å². The molecule has 1 N–H and O–H groups in total. The van der Waals surface area contributed by atoms with Crippen LogP contribution in [0.3, 0.4) is 0 Å². The molecule has 6 nitrogen and oxygen atoms in total. The lowest BCUT2D eigenvalue weighted by Gasteiger charge is -2.40. The van der Waals surface area contributed by atoms with Crippen molar-refractivity contribution in [2.45, 2.75) is 58.4 Å². The first-order valence-corrected chi connectivity index (χ1v) is 13.2. The molecule has 7 heteroatoms. The Morgan fingerprint density at radius 3 is 2.75 bits per heavy atom. The number of aliphatic hydroxyl groups is 1. The smallest absolute Gasteiger partial charge is 0.128 e. The zero-order valence-electron chi connectivity index (χ0n) is 20.5. The zero-order chi connectivity index (χ0) is 25.1. The van der Waals surface area contributed by atoms with E-state index in [4.69, 9.17) is 9.47 Å². The van der Waals surface area contributed by atoms with Crippen LogP contribution in [0.15, 0.2) is 47.2 Å². The van der Waals surface area contributed by atoms with Gasteiger partial charge in [0, 0.05) is 53.2 Å². The SMILES string of the molecule is Cc1c(Br)cccc1COc1cc(OCc2cncc(C#N)c2)c(CN2CCC2CO)c2c1CCC2. The molecule has 0 amide bonds. The third-order valence-electron chi connectivity index (χ3n) is 7.36. The van der Waals surface area contributed by atoms with Gasteiger partial charge in [0.25, 0.3) is 0 Å². The highest BCUT2D eigenvalue weighted by atomic mass is 79.9. The molecule has 3 aromatic rings. The summed E-state index contributed by atoms with van der Waals surface area (Å²) in [5.74, 6) is 1.69. The van der Waals surface area contributed by atoms with Crippen LogP contribution in [-0.2, 0) is 32.6 Å². The number of aromatic nitrogens is 1. The van der Waals surface area contributed by atoms with Gasteiger partial charge < -0.3 is 14.6 Å². The van der Waals surface area contributed by atoms with E-state index >= 15 is 0 Å². The molecule has 0 saturated carbocycles. The van der Waals surface area contributed by atoms with Crippen molar-refractivity contribution in [1.82, 2.24) is 9.88 Å². The van der Waals surface area contributed by atoms with E-state index in [1.54, 1.807) is 12.4 Å². The average Bonchev–Trinajstić information content (AvgIpc) is 3.37. The predicted octanol–water partition coefficient (Wildman–Crippen LogP) is 5.24. The number of ether oxygens (including phenoxy) is 2. The van der Waals surface area contributed by atoms with Gasteiger partial charge in [0.2, 0.25) is 0 Å². The lowest BCUT2D eigenvalue weighted by Crippen LogP contribution is -2.49. The second kappa shape index (κ2) is 11.0. The number of pyridine rings is 1. The third-order valence-corrected chi connectivity index (χ3v) is 8.22. The minimum absolute atomic E-state index is 0.179. The highest BCUT2D eigenvalue weighted by Crippen LogP contribution is 2.41. The molecular weight excluding hydrogens is 518 g/mol. The van der Waals surface area contributed by atoms with Crippen molar-refractivity contribution in [3.63, 3.8) is 0 Å². The van der Waals surface area contributed by atoms with Gasteiger partial charge >= 0.3 is 0 Å². The molecule has 1 fully saturated rings. The van der Waals surface area contributed by atoms with Crippen LogP contribution in [0.2, 0.25) is 0 Å². The molecule has 2 aromatic carbocycles. The summed E-state index contributed by atoms with van der Waals surface area (Å²) in [6, 6.07) is 12.4. The molecule has 1 aromatic heterocycles. The molecule has 1 aliphatic carbocycles. The average molecular weight is 548 g/mol. The number of nitrogens with zero attached hydrogens (tertiary/aromatic N) is 3. The first-order valence-electron chi connectivity index (χ1n) is 12.4. The third kappa shape index (κ3) is 5.12. The van der Waals surface area contributed by atoms with E-state index in [9.17, 15) is 10.4 Å². The highest BCUT2D eigenvalue weighted by Gasteiger charge is 2.31. The monoisotopic (exact) mass is 547 g/mol. The molecule has 186 valence electrons. The van der Waals surface area contributed by atoms with Gasteiger partial charge in [-0.1, -0.05) is 28.1 Å². The van der Waals surface area contributed by atoms with E-state index in [0.29, 0.717) is 18.8 Å². The Morgan fingerprint density at radius 2 is 1.97 bits per heavy atom. The Hall–Kier alpha value is -2.92. The van der Waals surface area contributed by atoms with E-state index in [1.807, 2.05) is 24.3 Å². The van der Waals surface area contributed by atoms with Crippen molar-refractivity contribution < 1.29 is 14.6 Å². The summed E-state index contributed by atoms with van der Waals surface area (Å²) in [5, 5.41) is 19.0. The van der Waals surface area contributed by atoms with Crippen LogP contribution in [0.25, 0.3) is 0 Å². The lowest BCUT2D eigenvalue weighted by molar-refractivity contribution is 0.0346. The summed E-state index contributed by atoms with van der Waals surface area (Å²) >= 11 is 3.62. The maximum atomic E-state index is 9.73. The number of nitriles is 1. The molecular formula is C29H30BrN3O3. The van der Waals surface area contributed by atoms with Crippen LogP contribution in [0.4, 0.5) is 0 Å². The number of hydrogen-bond donors (Lipinski definition) is 1. The van der Waals surface area contributed by atoms with Crippen LogP contribution in [0.1, 0.15) is 51.8 Å². The molecule has 0 spiro atoms. The summed E-state index contributed by atoms with van der Waals surface area (Å²) in [7, 11) is 0. The Balaban J connectivity index is 1.46. The lowest BCUT2D eigenvalue weighted by atomic mass is 9.97. The number of hydrogen-bond acceptors (Lipinski definition) is 6. The largest absolute Gasteiger partial charge is 0.488 e.